The first-order valence-electron chi connectivity index (χ1n) is 6.30. The Morgan fingerprint density at radius 3 is 3.12 bits per heavy atom. The zero-order valence-corrected chi connectivity index (χ0v) is 9.87. The Kier molecular flexibility index (Phi) is 2.63. The minimum atomic E-state index is 0.765. The molecule has 4 N–H and O–H groups in total. The van der Waals surface area contributed by atoms with Gasteiger partial charge in [0.1, 0.15) is 0 Å². The minimum absolute atomic E-state index is 0.765. The SMILES string of the molecule is Nc1ccc2nc(NCCCC3CC3)[nH]c2c1. The van der Waals surface area contributed by atoms with Gasteiger partial charge in [0.2, 0.25) is 5.95 Å². The van der Waals surface area contributed by atoms with Gasteiger partial charge in [-0.1, -0.05) is 12.8 Å². The fraction of sp³-hybridized carbons (Fsp3) is 0.462. The van der Waals surface area contributed by atoms with Crippen molar-refractivity contribution in [2.45, 2.75) is 25.7 Å². The number of imidazole rings is 1. The Labute approximate surface area is 101 Å². The van der Waals surface area contributed by atoms with E-state index >= 15 is 0 Å². The third-order valence-electron chi connectivity index (χ3n) is 3.28. The number of rotatable bonds is 5. The highest BCUT2D eigenvalue weighted by Gasteiger charge is 2.19. The second-order valence-corrected chi connectivity index (χ2v) is 4.87. The zero-order valence-electron chi connectivity index (χ0n) is 9.87. The molecule has 4 heteroatoms. The molecule has 1 saturated carbocycles. The number of aromatic nitrogens is 2. The largest absolute Gasteiger partial charge is 0.399 e. The van der Waals surface area contributed by atoms with Crippen LogP contribution in [0, 0.1) is 5.92 Å². The Bertz CT molecular complexity index is 513. The Hall–Kier alpha value is -1.71. The van der Waals surface area contributed by atoms with E-state index < -0.39 is 0 Å². The van der Waals surface area contributed by atoms with Crippen molar-refractivity contribution in [3.05, 3.63) is 18.2 Å². The lowest BCUT2D eigenvalue weighted by molar-refractivity contribution is 0.686. The van der Waals surface area contributed by atoms with Crippen LogP contribution in [-0.2, 0) is 0 Å². The van der Waals surface area contributed by atoms with Crippen molar-refractivity contribution in [3.63, 3.8) is 0 Å². The average molecular weight is 230 g/mol. The molecule has 0 radical (unpaired) electrons. The summed E-state index contributed by atoms with van der Waals surface area (Å²) in [6, 6.07) is 5.73. The topological polar surface area (TPSA) is 66.7 Å². The fourth-order valence-corrected chi connectivity index (χ4v) is 2.12. The van der Waals surface area contributed by atoms with Gasteiger partial charge in [0.15, 0.2) is 0 Å². The summed E-state index contributed by atoms with van der Waals surface area (Å²) < 4.78 is 0. The maximum atomic E-state index is 5.73. The van der Waals surface area contributed by atoms with E-state index in [1.165, 1.54) is 25.7 Å². The molecule has 4 nitrogen and oxygen atoms in total. The Balaban J connectivity index is 1.60. The van der Waals surface area contributed by atoms with Gasteiger partial charge in [0.05, 0.1) is 11.0 Å². The Morgan fingerprint density at radius 2 is 2.29 bits per heavy atom. The zero-order chi connectivity index (χ0) is 11.7. The van der Waals surface area contributed by atoms with Crippen molar-refractivity contribution in [2.75, 3.05) is 17.6 Å². The molecule has 17 heavy (non-hydrogen) atoms. The molecule has 0 aliphatic heterocycles. The predicted octanol–water partition coefficient (Wildman–Crippen LogP) is 2.75. The van der Waals surface area contributed by atoms with Crippen molar-refractivity contribution in [3.8, 4) is 0 Å². The molecule has 3 rings (SSSR count). The van der Waals surface area contributed by atoms with Gasteiger partial charge in [-0.2, -0.15) is 0 Å². The number of nitrogens with two attached hydrogens (primary N) is 1. The molecule has 0 unspecified atom stereocenters. The molecule has 1 aliphatic carbocycles. The van der Waals surface area contributed by atoms with E-state index in [1.54, 1.807) is 0 Å². The highest BCUT2D eigenvalue weighted by Crippen LogP contribution is 2.33. The molecule has 2 aromatic rings. The van der Waals surface area contributed by atoms with Crippen LogP contribution in [0.2, 0.25) is 0 Å². The molecule has 0 amide bonds. The van der Waals surface area contributed by atoms with Gasteiger partial charge in [0, 0.05) is 12.2 Å². The van der Waals surface area contributed by atoms with Crippen LogP contribution < -0.4 is 11.1 Å². The third kappa shape index (κ3) is 2.52. The summed E-state index contributed by atoms with van der Waals surface area (Å²) in [5.74, 6) is 1.86. The van der Waals surface area contributed by atoms with E-state index in [4.69, 9.17) is 5.73 Å². The highest BCUT2D eigenvalue weighted by atomic mass is 15.1. The number of H-pyrrole nitrogens is 1. The quantitative estimate of drug-likeness (QED) is 0.546. The number of aromatic amines is 1. The number of nitrogens with one attached hydrogen (secondary N) is 2. The van der Waals surface area contributed by atoms with Gasteiger partial charge in [-0.3, -0.25) is 0 Å². The van der Waals surface area contributed by atoms with Gasteiger partial charge in [-0.15, -0.1) is 0 Å². The van der Waals surface area contributed by atoms with Crippen LogP contribution in [0.15, 0.2) is 18.2 Å². The van der Waals surface area contributed by atoms with E-state index in [-0.39, 0.29) is 0 Å². The lowest BCUT2D eigenvalue weighted by atomic mass is 10.2. The molecular weight excluding hydrogens is 212 g/mol. The van der Waals surface area contributed by atoms with Crippen LogP contribution in [0.3, 0.4) is 0 Å². The van der Waals surface area contributed by atoms with Crippen LogP contribution in [0.25, 0.3) is 11.0 Å². The van der Waals surface area contributed by atoms with Crippen molar-refractivity contribution in [1.82, 2.24) is 9.97 Å². The monoisotopic (exact) mass is 230 g/mol. The summed E-state index contributed by atoms with van der Waals surface area (Å²) in [7, 11) is 0. The molecule has 0 saturated heterocycles. The number of benzene rings is 1. The standard InChI is InChI=1S/C13H18N4/c14-10-5-6-11-12(8-10)17-13(16-11)15-7-1-2-9-3-4-9/h5-6,8-9H,1-4,7,14H2,(H2,15,16,17). The number of nitrogens with zero attached hydrogens (tertiary/aromatic N) is 1. The average Bonchev–Trinajstić information content (AvgIpc) is 3.04. The fourth-order valence-electron chi connectivity index (χ4n) is 2.12. The summed E-state index contributed by atoms with van der Waals surface area (Å²) in [4.78, 5) is 7.70. The number of anilines is 2. The van der Waals surface area contributed by atoms with E-state index in [2.05, 4.69) is 15.3 Å². The maximum absolute atomic E-state index is 5.73. The van der Waals surface area contributed by atoms with Crippen LogP contribution in [0.1, 0.15) is 25.7 Å². The minimum Gasteiger partial charge on any atom is -0.399 e. The first kappa shape index (κ1) is 10.4. The van der Waals surface area contributed by atoms with Crippen LogP contribution in [0.4, 0.5) is 11.6 Å². The van der Waals surface area contributed by atoms with Crippen LogP contribution in [0.5, 0.6) is 0 Å². The highest BCUT2D eigenvalue weighted by molar-refractivity contribution is 5.80. The Morgan fingerprint density at radius 1 is 1.41 bits per heavy atom. The van der Waals surface area contributed by atoms with Gasteiger partial charge >= 0.3 is 0 Å². The molecule has 1 aromatic heterocycles. The van der Waals surface area contributed by atoms with Gasteiger partial charge < -0.3 is 16.0 Å². The molecule has 1 aliphatic rings. The summed E-state index contributed by atoms with van der Waals surface area (Å²) in [6.45, 7) is 0.992. The summed E-state index contributed by atoms with van der Waals surface area (Å²) in [5, 5.41) is 3.33. The van der Waals surface area contributed by atoms with Crippen LogP contribution in [-0.4, -0.2) is 16.5 Å². The van der Waals surface area contributed by atoms with Crippen molar-refractivity contribution >= 4 is 22.7 Å². The summed E-state index contributed by atoms with van der Waals surface area (Å²) in [6.07, 6.45) is 5.44. The second-order valence-electron chi connectivity index (χ2n) is 4.87. The molecule has 0 bridgehead atoms. The van der Waals surface area contributed by atoms with E-state index in [0.29, 0.717) is 0 Å². The second kappa shape index (κ2) is 4.28. The molecule has 1 aromatic carbocycles. The summed E-state index contributed by atoms with van der Waals surface area (Å²) >= 11 is 0. The van der Waals surface area contributed by atoms with Crippen molar-refractivity contribution in [2.24, 2.45) is 5.92 Å². The maximum Gasteiger partial charge on any atom is 0.201 e. The van der Waals surface area contributed by atoms with E-state index in [0.717, 1.165) is 35.1 Å². The lowest BCUT2D eigenvalue weighted by Gasteiger charge is -2.01. The summed E-state index contributed by atoms with van der Waals surface area (Å²) in [5.41, 5.74) is 8.45. The number of nitrogen functional groups attached to an aromatic ring is 1. The van der Waals surface area contributed by atoms with Crippen LogP contribution >= 0.6 is 0 Å². The number of hydrogen-bond acceptors (Lipinski definition) is 3. The third-order valence-corrected chi connectivity index (χ3v) is 3.28. The smallest absolute Gasteiger partial charge is 0.201 e. The molecule has 1 heterocycles. The molecular formula is C13H18N4. The molecule has 90 valence electrons. The number of hydrogen-bond donors (Lipinski definition) is 3. The normalized spacial score (nSPS) is 15.3. The first-order valence-corrected chi connectivity index (χ1v) is 6.30. The molecule has 1 fully saturated rings. The van der Waals surface area contributed by atoms with E-state index in [1.807, 2.05) is 18.2 Å². The van der Waals surface area contributed by atoms with E-state index in [9.17, 15) is 0 Å². The van der Waals surface area contributed by atoms with Gasteiger partial charge in [-0.25, -0.2) is 4.98 Å². The first-order chi connectivity index (χ1) is 8.31. The van der Waals surface area contributed by atoms with Crippen molar-refractivity contribution in [1.29, 1.82) is 0 Å². The predicted molar refractivity (Wildman–Crippen MR) is 71.0 cm³/mol. The molecule has 0 spiro atoms. The van der Waals surface area contributed by atoms with Crippen molar-refractivity contribution < 1.29 is 0 Å². The van der Waals surface area contributed by atoms with Gasteiger partial charge in [-0.05, 0) is 37.0 Å². The molecule has 0 atom stereocenters. The van der Waals surface area contributed by atoms with Gasteiger partial charge in [0.25, 0.3) is 0 Å². The number of fused-ring (bicyclic) bond motifs is 1. The lowest BCUT2D eigenvalue weighted by Crippen LogP contribution is -2.02.